The van der Waals surface area contributed by atoms with Crippen LogP contribution in [-0.4, -0.2) is 50.8 Å². The zero-order valence-electron chi connectivity index (χ0n) is 17.0. The van der Waals surface area contributed by atoms with Crippen molar-refractivity contribution in [3.8, 4) is 0 Å². The van der Waals surface area contributed by atoms with Gasteiger partial charge in [-0.3, -0.25) is 9.89 Å². The Kier molecular flexibility index (Phi) is 11.3. The first-order chi connectivity index (χ1) is 13.3. The summed E-state index contributed by atoms with van der Waals surface area (Å²) in [4.78, 5) is 6.66. The molecule has 1 fully saturated rings. The fraction of sp³-hybridized carbons (Fsp3) is 0.650. The average molecular weight is 528 g/mol. The van der Waals surface area contributed by atoms with Crippen LogP contribution in [0.15, 0.2) is 29.3 Å². The van der Waals surface area contributed by atoms with Crippen molar-refractivity contribution in [1.29, 1.82) is 0 Å². The fourth-order valence-electron chi connectivity index (χ4n) is 3.65. The quantitative estimate of drug-likeness (QED) is 0.232. The van der Waals surface area contributed by atoms with Crippen LogP contribution in [0.1, 0.15) is 43.4 Å². The van der Waals surface area contributed by atoms with E-state index in [0.717, 1.165) is 43.5 Å². The van der Waals surface area contributed by atoms with E-state index in [2.05, 4.69) is 15.2 Å². The molecule has 1 heterocycles. The lowest BCUT2D eigenvalue weighted by Crippen LogP contribution is -2.38. The molecule has 1 saturated heterocycles. The molecule has 2 unspecified atom stereocenters. The number of likely N-dealkylation sites (tertiary alicyclic amines) is 1. The molecule has 0 radical (unpaired) electrons. The SMILES string of the molecule is CCOCCCNC(N)=NCC1CCCN(C)C1c1ccc(C(F)(F)F)cc1.I. The molecule has 1 aliphatic heterocycles. The van der Waals surface area contributed by atoms with E-state index < -0.39 is 11.7 Å². The lowest BCUT2D eigenvalue weighted by molar-refractivity contribution is -0.137. The number of nitrogens with two attached hydrogens (primary N) is 1. The summed E-state index contributed by atoms with van der Waals surface area (Å²) in [7, 11) is 2.01. The summed E-state index contributed by atoms with van der Waals surface area (Å²) in [6.07, 6.45) is -1.46. The van der Waals surface area contributed by atoms with Crippen molar-refractivity contribution in [3.05, 3.63) is 35.4 Å². The first-order valence-corrected chi connectivity index (χ1v) is 9.81. The van der Waals surface area contributed by atoms with Gasteiger partial charge in [-0.15, -0.1) is 24.0 Å². The minimum Gasteiger partial charge on any atom is -0.382 e. The molecule has 1 aromatic carbocycles. The highest BCUT2D eigenvalue weighted by Gasteiger charge is 2.33. The van der Waals surface area contributed by atoms with Gasteiger partial charge in [0.05, 0.1) is 5.56 Å². The maximum absolute atomic E-state index is 12.8. The Morgan fingerprint density at radius 3 is 2.62 bits per heavy atom. The van der Waals surface area contributed by atoms with E-state index in [4.69, 9.17) is 10.5 Å². The molecule has 0 aromatic heterocycles. The van der Waals surface area contributed by atoms with Gasteiger partial charge in [0.1, 0.15) is 0 Å². The van der Waals surface area contributed by atoms with Crippen LogP contribution in [-0.2, 0) is 10.9 Å². The molecule has 166 valence electrons. The molecule has 1 aromatic rings. The van der Waals surface area contributed by atoms with Crippen LogP contribution >= 0.6 is 24.0 Å². The minimum atomic E-state index is -4.32. The van der Waals surface area contributed by atoms with E-state index in [1.807, 2.05) is 14.0 Å². The van der Waals surface area contributed by atoms with Gasteiger partial charge in [0.2, 0.25) is 0 Å². The van der Waals surface area contributed by atoms with Gasteiger partial charge in [0.25, 0.3) is 0 Å². The molecular formula is C20H32F3IN4O. The Bertz CT molecular complexity index is 625. The lowest BCUT2D eigenvalue weighted by atomic mass is 9.84. The third-order valence-electron chi connectivity index (χ3n) is 5.06. The summed E-state index contributed by atoms with van der Waals surface area (Å²) >= 11 is 0. The Balaban J connectivity index is 0.00000420. The van der Waals surface area contributed by atoms with Gasteiger partial charge < -0.3 is 15.8 Å². The number of nitrogens with zero attached hydrogens (tertiary/aromatic N) is 2. The zero-order chi connectivity index (χ0) is 20.6. The Morgan fingerprint density at radius 1 is 1.31 bits per heavy atom. The highest BCUT2D eigenvalue weighted by Crippen LogP contribution is 2.37. The zero-order valence-corrected chi connectivity index (χ0v) is 19.4. The van der Waals surface area contributed by atoms with E-state index in [-0.39, 0.29) is 35.9 Å². The van der Waals surface area contributed by atoms with Crippen LogP contribution in [0.5, 0.6) is 0 Å². The standard InChI is InChI=1S/C20H31F3N4O.HI/c1-3-28-13-5-11-25-19(24)26-14-16-6-4-12-27(2)18(16)15-7-9-17(10-8-15)20(21,22)23;/h7-10,16,18H,3-6,11-14H2,1-2H3,(H3,24,25,26);1H. The van der Waals surface area contributed by atoms with Crippen molar-refractivity contribution in [1.82, 2.24) is 10.2 Å². The number of guanidine groups is 1. The summed E-state index contributed by atoms with van der Waals surface area (Å²) in [6, 6.07) is 5.52. The van der Waals surface area contributed by atoms with Crippen molar-refractivity contribution in [2.75, 3.05) is 39.9 Å². The van der Waals surface area contributed by atoms with Crippen LogP contribution in [0.2, 0.25) is 0 Å². The first-order valence-electron chi connectivity index (χ1n) is 9.81. The molecule has 2 rings (SSSR count). The van der Waals surface area contributed by atoms with Gasteiger partial charge in [-0.1, -0.05) is 12.1 Å². The predicted molar refractivity (Wildman–Crippen MR) is 121 cm³/mol. The second-order valence-electron chi connectivity index (χ2n) is 7.15. The van der Waals surface area contributed by atoms with E-state index >= 15 is 0 Å². The topological polar surface area (TPSA) is 62.9 Å². The van der Waals surface area contributed by atoms with E-state index in [0.29, 0.717) is 32.3 Å². The van der Waals surface area contributed by atoms with Gasteiger partial charge >= 0.3 is 6.18 Å². The molecule has 0 amide bonds. The highest BCUT2D eigenvalue weighted by molar-refractivity contribution is 14.0. The minimum absolute atomic E-state index is 0. The lowest BCUT2D eigenvalue weighted by Gasteiger charge is -2.39. The summed E-state index contributed by atoms with van der Waals surface area (Å²) in [5.41, 5.74) is 6.22. The molecule has 29 heavy (non-hydrogen) atoms. The van der Waals surface area contributed by atoms with Gasteiger partial charge in [-0.25, -0.2) is 0 Å². The van der Waals surface area contributed by atoms with Gasteiger partial charge in [0.15, 0.2) is 5.96 Å². The van der Waals surface area contributed by atoms with Crippen LogP contribution in [0.25, 0.3) is 0 Å². The molecule has 0 aliphatic carbocycles. The number of aliphatic imine (C=N–C) groups is 1. The molecule has 3 N–H and O–H groups in total. The molecule has 0 saturated carbocycles. The second kappa shape index (κ2) is 12.6. The number of benzene rings is 1. The third kappa shape index (κ3) is 8.29. The summed E-state index contributed by atoms with van der Waals surface area (Å²) in [6.45, 7) is 5.49. The number of hydrogen-bond donors (Lipinski definition) is 2. The number of piperidine rings is 1. The number of halogens is 4. The van der Waals surface area contributed by atoms with Crippen molar-refractivity contribution < 1.29 is 17.9 Å². The molecule has 0 spiro atoms. The molecule has 2 atom stereocenters. The first kappa shape index (κ1) is 26.0. The van der Waals surface area contributed by atoms with Crippen LogP contribution in [0.3, 0.4) is 0 Å². The van der Waals surface area contributed by atoms with Crippen molar-refractivity contribution in [2.24, 2.45) is 16.6 Å². The van der Waals surface area contributed by atoms with Crippen LogP contribution in [0, 0.1) is 5.92 Å². The van der Waals surface area contributed by atoms with Crippen molar-refractivity contribution in [2.45, 2.75) is 38.4 Å². The monoisotopic (exact) mass is 528 g/mol. The van der Waals surface area contributed by atoms with Crippen LogP contribution in [0.4, 0.5) is 13.2 Å². The number of ether oxygens (including phenoxy) is 1. The molecule has 9 heteroatoms. The van der Waals surface area contributed by atoms with Gasteiger partial charge in [-0.05, 0) is 63.4 Å². The Morgan fingerprint density at radius 2 is 2.00 bits per heavy atom. The number of rotatable bonds is 8. The molecule has 5 nitrogen and oxygen atoms in total. The fourth-order valence-corrected chi connectivity index (χ4v) is 3.65. The van der Waals surface area contributed by atoms with Crippen molar-refractivity contribution >= 4 is 29.9 Å². The van der Waals surface area contributed by atoms with Crippen LogP contribution < -0.4 is 11.1 Å². The van der Waals surface area contributed by atoms with E-state index in [1.54, 1.807) is 12.1 Å². The Hall–Kier alpha value is -1.07. The molecular weight excluding hydrogens is 496 g/mol. The summed E-state index contributed by atoms with van der Waals surface area (Å²) in [5, 5.41) is 3.08. The average Bonchev–Trinajstić information content (AvgIpc) is 2.65. The predicted octanol–water partition coefficient (Wildman–Crippen LogP) is 4.04. The van der Waals surface area contributed by atoms with Crippen molar-refractivity contribution in [3.63, 3.8) is 0 Å². The van der Waals surface area contributed by atoms with Gasteiger partial charge in [0, 0.05) is 32.3 Å². The third-order valence-corrected chi connectivity index (χ3v) is 5.06. The number of nitrogens with one attached hydrogen (secondary N) is 1. The normalized spacial score (nSPS) is 20.9. The maximum atomic E-state index is 12.8. The maximum Gasteiger partial charge on any atom is 0.416 e. The Labute approximate surface area is 188 Å². The highest BCUT2D eigenvalue weighted by atomic mass is 127. The second-order valence-corrected chi connectivity index (χ2v) is 7.15. The smallest absolute Gasteiger partial charge is 0.382 e. The number of hydrogen-bond acceptors (Lipinski definition) is 3. The van der Waals surface area contributed by atoms with Gasteiger partial charge in [-0.2, -0.15) is 13.2 Å². The molecule has 0 bridgehead atoms. The molecule has 1 aliphatic rings. The number of alkyl halides is 3. The summed E-state index contributed by atoms with van der Waals surface area (Å²) in [5.74, 6) is 0.607. The summed E-state index contributed by atoms with van der Waals surface area (Å²) < 4.78 is 43.8. The van der Waals surface area contributed by atoms with E-state index in [1.165, 1.54) is 0 Å². The van der Waals surface area contributed by atoms with E-state index in [9.17, 15) is 13.2 Å². The largest absolute Gasteiger partial charge is 0.416 e.